The summed E-state index contributed by atoms with van der Waals surface area (Å²) in [6.07, 6.45) is 2.70. The topological polar surface area (TPSA) is 21.5 Å². The Hall–Kier alpha value is -0.370. The van der Waals surface area contributed by atoms with Crippen LogP contribution in [-0.2, 0) is 4.79 Å². The lowest BCUT2D eigenvalue weighted by molar-refractivity contribution is -0.878. The van der Waals surface area contributed by atoms with Crippen LogP contribution in [0.25, 0.3) is 0 Å². The fraction of sp³-hybridized carbons (Fsp3) is 0.857. The van der Waals surface area contributed by atoms with Crippen LogP contribution in [0.2, 0.25) is 0 Å². The van der Waals surface area contributed by atoms with Crippen LogP contribution in [0.15, 0.2) is 0 Å². The van der Waals surface area contributed by atoms with Crippen LogP contribution in [0.4, 0.5) is 0 Å². The third-order valence-electron chi connectivity index (χ3n) is 1.89. The first-order chi connectivity index (χ1) is 4.29. The Morgan fingerprint density at radius 1 is 1.33 bits per heavy atom. The number of Topliss-reactive ketones (excluding diaryl/α,β-unsaturated/α-hetero) is 1. The summed E-state index contributed by atoms with van der Waals surface area (Å²) in [5, 5.41) is 0. The van der Waals surface area contributed by atoms with E-state index in [4.69, 9.17) is 0 Å². The maximum Gasteiger partial charge on any atom is 0.138 e. The van der Waals surface area contributed by atoms with E-state index in [-0.39, 0.29) is 0 Å². The van der Waals surface area contributed by atoms with Crippen molar-refractivity contribution < 1.29 is 9.69 Å². The molecule has 1 aliphatic rings. The fourth-order valence-corrected chi connectivity index (χ4v) is 1.19. The van der Waals surface area contributed by atoms with Gasteiger partial charge in [0.25, 0.3) is 0 Å². The van der Waals surface area contributed by atoms with Crippen molar-refractivity contribution in [1.29, 1.82) is 0 Å². The molecular weight excluding hydrogens is 114 g/mol. The third-order valence-corrected chi connectivity index (χ3v) is 1.89. The van der Waals surface area contributed by atoms with Crippen LogP contribution in [0.3, 0.4) is 0 Å². The summed E-state index contributed by atoms with van der Waals surface area (Å²) in [4.78, 5) is 12.3. The summed E-state index contributed by atoms with van der Waals surface area (Å²) in [6.45, 7) is 2.21. The zero-order valence-corrected chi connectivity index (χ0v) is 5.94. The average Bonchev–Trinajstić information content (AvgIpc) is 1.97. The van der Waals surface area contributed by atoms with Crippen LogP contribution in [0, 0.1) is 0 Å². The lowest BCUT2D eigenvalue weighted by Gasteiger charge is -2.07. The lowest BCUT2D eigenvalue weighted by Crippen LogP contribution is -3.08. The van der Waals surface area contributed by atoms with Gasteiger partial charge in [0.1, 0.15) is 5.78 Å². The first-order valence-corrected chi connectivity index (χ1v) is 3.62. The normalized spacial score (nSPS) is 29.9. The highest BCUT2D eigenvalue weighted by Crippen LogP contribution is 1.94. The molecule has 1 aliphatic heterocycles. The van der Waals surface area contributed by atoms with Crippen molar-refractivity contribution in [2.75, 3.05) is 20.1 Å². The molecule has 2 heteroatoms. The van der Waals surface area contributed by atoms with E-state index in [2.05, 4.69) is 7.05 Å². The van der Waals surface area contributed by atoms with E-state index in [9.17, 15) is 4.79 Å². The molecular formula is C7H14NO+. The number of quaternary nitrogens is 1. The van der Waals surface area contributed by atoms with Gasteiger partial charge >= 0.3 is 0 Å². The van der Waals surface area contributed by atoms with Crippen LogP contribution < -0.4 is 4.90 Å². The molecule has 1 N–H and O–H groups in total. The molecule has 1 rings (SSSR count). The smallest absolute Gasteiger partial charge is 0.138 e. The zero-order chi connectivity index (χ0) is 6.69. The largest absolute Gasteiger partial charge is 0.337 e. The Morgan fingerprint density at radius 2 is 2.11 bits per heavy atom. The van der Waals surface area contributed by atoms with Gasteiger partial charge in [0.15, 0.2) is 0 Å². The average molecular weight is 128 g/mol. The van der Waals surface area contributed by atoms with Gasteiger partial charge in [-0.05, 0) is 0 Å². The first-order valence-electron chi connectivity index (χ1n) is 3.62. The molecule has 0 radical (unpaired) electrons. The Bertz CT molecular complexity index is 111. The quantitative estimate of drug-likeness (QED) is 0.455. The van der Waals surface area contributed by atoms with Crippen LogP contribution >= 0.6 is 0 Å². The van der Waals surface area contributed by atoms with Crippen molar-refractivity contribution in [3.8, 4) is 0 Å². The highest BCUT2D eigenvalue weighted by Gasteiger charge is 2.12. The molecule has 1 heterocycles. The summed E-state index contributed by atoms with van der Waals surface area (Å²) in [6, 6.07) is 0. The van der Waals surface area contributed by atoms with Gasteiger partial charge in [-0.2, -0.15) is 0 Å². The summed E-state index contributed by atoms with van der Waals surface area (Å²) in [5.41, 5.74) is 0. The third kappa shape index (κ3) is 2.14. The number of carbonyl (C=O) groups is 1. The minimum absolute atomic E-state index is 0.451. The molecule has 0 aromatic heterocycles. The van der Waals surface area contributed by atoms with Gasteiger partial charge in [0, 0.05) is 12.8 Å². The summed E-state index contributed by atoms with van der Waals surface area (Å²) in [7, 11) is 2.15. The molecule has 0 spiro atoms. The van der Waals surface area contributed by atoms with Crippen molar-refractivity contribution in [2.45, 2.75) is 19.3 Å². The van der Waals surface area contributed by atoms with Gasteiger partial charge in [-0.15, -0.1) is 0 Å². The molecule has 1 unspecified atom stereocenters. The molecule has 1 atom stereocenters. The van der Waals surface area contributed by atoms with E-state index in [1.165, 1.54) is 11.4 Å². The van der Waals surface area contributed by atoms with Gasteiger partial charge in [-0.3, -0.25) is 4.79 Å². The van der Waals surface area contributed by atoms with Crippen LogP contribution in [-0.4, -0.2) is 25.9 Å². The molecule has 1 saturated heterocycles. The van der Waals surface area contributed by atoms with Crippen molar-refractivity contribution >= 4 is 5.78 Å². The van der Waals surface area contributed by atoms with Crippen molar-refractivity contribution in [3.05, 3.63) is 0 Å². The maximum absolute atomic E-state index is 10.8. The first kappa shape index (κ1) is 6.75. The Kier molecular flexibility index (Phi) is 2.22. The molecule has 0 aromatic carbocycles. The van der Waals surface area contributed by atoms with Crippen molar-refractivity contribution in [3.63, 3.8) is 0 Å². The number of likely N-dealkylation sites (tertiary alicyclic amines) is 1. The number of hydrogen-bond acceptors (Lipinski definition) is 1. The molecule has 9 heavy (non-hydrogen) atoms. The van der Waals surface area contributed by atoms with Crippen LogP contribution in [0.5, 0.6) is 0 Å². The second-order valence-electron chi connectivity index (χ2n) is 2.85. The molecule has 1 fully saturated rings. The molecule has 0 aromatic rings. The SMILES string of the molecule is C[NH+]1CCCC(=O)CC1. The predicted octanol–water partition coefficient (Wildman–Crippen LogP) is -0.746. The molecule has 52 valence electrons. The summed E-state index contributed by atoms with van der Waals surface area (Å²) < 4.78 is 0. The van der Waals surface area contributed by atoms with Crippen molar-refractivity contribution in [1.82, 2.24) is 0 Å². The summed E-state index contributed by atoms with van der Waals surface area (Å²) in [5.74, 6) is 0.451. The second-order valence-corrected chi connectivity index (χ2v) is 2.85. The highest BCUT2D eigenvalue weighted by atomic mass is 16.1. The maximum atomic E-state index is 10.8. The van der Waals surface area contributed by atoms with Gasteiger partial charge in [-0.25, -0.2) is 0 Å². The number of rotatable bonds is 0. The zero-order valence-electron chi connectivity index (χ0n) is 5.94. The predicted molar refractivity (Wildman–Crippen MR) is 35.5 cm³/mol. The van der Waals surface area contributed by atoms with Crippen molar-refractivity contribution in [2.24, 2.45) is 0 Å². The number of nitrogens with one attached hydrogen (secondary N) is 1. The van der Waals surface area contributed by atoms with Gasteiger partial charge in [0.2, 0.25) is 0 Å². The molecule has 2 nitrogen and oxygen atoms in total. The monoisotopic (exact) mass is 128 g/mol. The van der Waals surface area contributed by atoms with Gasteiger partial charge in [0.05, 0.1) is 26.6 Å². The molecule has 0 aliphatic carbocycles. The standard InChI is InChI=1S/C7H13NO/c1-8-5-2-3-7(9)4-6-8/h2-6H2,1H3/p+1. The molecule has 0 amide bonds. The van der Waals surface area contributed by atoms with E-state index in [1.807, 2.05) is 0 Å². The highest BCUT2D eigenvalue weighted by molar-refractivity contribution is 5.78. The van der Waals surface area contributed by atoms with Gasteiger partial charge in [-0.1, -0.05) is 0 Å². The lowest BCUT2D eigenvalue weighted by atomic mass is 10.2. The van der Waals surface area contributed by atoms with E-state index in [0.717, 1.165) is 25.8 Å². The van der Waals surface area contributed by atoms with Gasteiger partial charge < -0.3 is 4.90 Å². The molecule has 0 bridgehead atoms. The second kappa shape index (κ2) is 2.97. The summed E-state index contributed by atoms with van der Waals surface area (Å²) >= 11 is 0. The Labute approximate surface area is 55.8 Å². The number of carbonyl (C=O) groups excluding carboxylic acids is 1. The molecule has 0 saturated carbocycles. The fourth-order valence-electron chi connectivity index (χ4n) is 1.19. The van der Waals surface area contributed by atoms with E-state index < -0.39 is 0 Å². The van der Waals surface area contributed by atoms with E-state index in [1.54, 1.807) is 0 Å². The van der Waals surface area contributed by atoms with Crippen LogP contribution in [0.1, 0.15) is 19.3 Å². The number of hydrogen-bond donors (Lipinski definition) is 1. The Morgan fingerprint density at radius 3 is 2.89 bits per heavy atom. The van der Waals surface area contributed by atoms with E-state index in [0.29, 0.717) is 5.78 Å². The van der Waals surface area contributed by atoms with E-state index >= 15 is 0 Å². The minimum atomic E-state index is 0.451. The Balaban J connectivity index is 2.34. The minimum Gasteiger partial charge on any atom is -0.337 e. The number of ketones is 1.